The molecule has 0 atom stereocenters. The summed E-state index contributed by atoms with van der Waals surface area (Å²) >= 11 is 5.74. The SMILES string of the molecule is CC(C)(C)C(=O)CNC(=O)c1ccc(F)cc1Cl. The van der Waals surface area contributed by atoms with Gasteiger partial charge in [-0.3, -0.25) is 9.59 Å². The largest absolute Gasteiger partial charge is 0.345 e. The molecule has 0 heterocycles. The van der Waals surface area contributed by atoms with Crippen molar-refractivity contribution in [3.8, 4) is 0 Å². The zero-order valence-corrected chi connectivity index (χ0v) is 11.3. The molecule has 0 spiro atoms. The summed E-state index contributed by atoms with van der Waals surface area (Å²) in [5, 5.41) is 2.49. The van der Waals surface area contributed by atoms with E-state index >= 15 is 0 Å². The van der Waals surface area contributed by atoms with Gasteiger partial charge in [0.2, 0.25) is 0 Å². The van der Waals surface area contributed by atoms with Crippen molar-refractivity contribution in [3.63, 3.8) is 0 Å². The first-order valence-electron chi connectivity index (χ1n) is 5.48. The van der Waals surface area contributed by atoms with Gasteiger partial charge in [-0.05, 0) is 18.2 Å². The van der Waals surface area contributed by atoms with Gasteiger partial charge >= 0.3 is 0 Å². The van der Waals surface area contributed by atoms with E-state index in [1.165, 1.54) is 6.07 Å². The van der Waals surface area contributed by atoms with E-state index in [0.717, 1.165) is 12.1 Å². The number of rotatable bonds is 3. The maximum absolute atomic E-state index is 12.8. The average Bonchev–Trinajstić information content (AvgIpc) is 2.24. The molecule has 0 saturated carbocycles. The van der Waals surface area contributed by atoms with Gasteiger partial charge in [-0.25, -0.2) is 4.39 Å². The summed E-state index contributed by atoms with van der Waals surface area (Å²) in [5.74, 6) is -1.09. The molecule has 1 amide bonds. The predicted molar refractivity (Wildman–Crippen MR) is 68.2 cm³/mol. The molecule has 0 saturated heterocycles. The summed E-state index contributed by atoms with van der Waals surface area (Å²) < 4.78 is 12.8. The lowest BCUT2D eigenvalue weighted by Gasteiger charge is -2.16. The Morgan fingerprint density at radius 1 is 1.33 bits per heavy atom. The molecule has 0 aliphatic rings. The van der Waals surface area contributed by atoms with E-state index in [2.05, 4.69) is 5.32 Å². The first-order valence-corrected chi connectivity index (χ1v) is 5.86. The smallest absolute Gasteiger partial charge is 0.253 e. The van der Waals surface area contributed by atoms with Gasteiger partial charge in [-0.15, -0.1) is 0 Å². The van der Waals surface area contributed by atoms with Crippen molar-refractivity contribution in [3.05, 3.63) is 34.6 Å². The lowest BCUT2D eigenvalue weighted by molar-refractivity contribution is -0.125. The van der Waals surface area contributed by atoms with Crippen LogP contribution in [0.15, 0.2) is 18.2 Å². The van der Waals surface area contributed by atoms with Crippen LogP contribution in [0.4, 0.5) is 4.39 Å². The highest BCUT2D eigenvalue weighted by Gasteiger charge is 2.22. The first-order chi connectivity index (χ1) is 8.21. The van der Waals surface area contributed by atoms with Crippen LogP contribution in [0.5, 0.6) is 0 Å². The standard InChI is InChI=1S/C13H15ClFNO2/c1-13(2,3)11(17)7-16-12(18)9-5-4-8(15)6-10(9)14/h4-6H,7H2,1-3H3,(H,16,18). The number of halogens is 2. The quantitative estimate of drug-likeness (QED) is 0.919. The number of benzene rings is 1. The molecular weight excluding hydrogens is 257 g/mol. The number of amides is 1. The van der Waals surface area contributed by atoms with Gasteiger partial charge in [0.15, 0.2) is 5.78 Å². The molecule has 0 aliphatic heterocycles. The molecule has 1 N–H and O–H groups in total. The van der Waals surface area contributed by atoms with Crippen LogP contribution in [-0.2, 0) is 4.79 Å². The van der Waals surface area contributed by atoms with E-state index < -0.39 is 17.1 Å². The number of ketones is 1. The van der Waals surface area contributed by atoms with E-state index in [0.29, 0.717) is 0 Å². The fourth-order valence-electron chi connectivity index (χ4n) is 1.19. The lowest BCUT2D eigenvalue weighted by atomic mass is 9.91. The summed E-state index contributed by atoms with van der Waals surface area (Å²) in [4.78, 5) is 23.4. The van der Waals surface area contributed by atoms with E-state index in [-0.39, 0.29) is 22.9 Å². The van der Waals surface area contributed by atoms with E-state index in [1.54, 1.807) is 20.8 Å². The molecule has 5 heteroatoms. The Bertz CT molecular complexity index is 480. The Hall–Kier alpha value is -1.42. The predicted octanol–water partition coefficient (Wildman–Crippen LogP) is 2.82. The van der Waals surface area contributed by atoms with Crippen LogP contribution in [0, 0.1) is 11.2 Å². The summed E-state index contributed by atoms with van der Waals surface area (Å²) in [5.41, 5.74) is -0.361. The highest BCUT2D eigenvalue weighted by molar-refractivity contribution is 6.33. The zero-order chi connectivity index (χ0) is 13.9. The fraction of sp³-hybridized carbons (Fsp3) is 0.385. The van der Waals surface area contributed by atoms with Gasteiger partial charge in [0, 0.05) is 5.41 Å². The number of nitrogens with one attached hydrogen (secondary N) is 1. The average molecular weight is 272 g/mol. The maximum atomic E-state index is 12.8. The van der Waals surface area contributed by atoms with Gasteiger partial charge in [0.05, 0.1) is 17.1 Å². The number of Topliss-reactive ketones (excluding diaryl/α,β-unsaturated/α-hetero) is 1. The molecule has 0 radical (unpaired) electrons. The summed E-state index contributed by atoms with van der Waals surface area (Å²) in [6.07, 6.45) is 0. The van der Waals surface area contributed by atoms with Crippen molar-refractivity contribution >= 4 is 23.3 Å². The van der Waals surface area contributed by atoms with Crippen molar-refractivity contribution in [2.75, 3.05) is 6.54 Å². The Morgan fingerprint density at radius 2 is 1.94 bits per heavy atom. The van der Waals surface area contributed by atoms with Crippen LogP contribution in [-0.4, -0.2) is 18.2 Å². The Labute approximate surface area is 110 Å². The summed E-state index contributed by atoms with van der Waals surface area (Å²) in [7, 11) is 0. The van der Waals surface area contributed by atoms with Gasteiger partial charge in [0.25, 0.3) is 5.91 Å². The molecule has 1 aromatic rings. The molecule has 0 bridgehead atoms. The monoisotopic (exact) mass is 271 g/mol. The molecule has 0 fully saturated rings. The summed E-state index contributed by atoms with van der Waals surface area (Å²) in [6.45, 7) is 5.24. The second-order valence-electron chi connectivity index (χ2n) is 4.98. The third-order valence-electron chi connectivity index (χ3n) is 2.42. The van der Waals surface area contributed by atoms with Crippen LogP contribution < -0.4 is 5.32 Å². The van der Waals surface area contributed by atoms with Gasteiger partial charge in [-0.2, -0.15) is 0 Å². The third-order valence-corrected chi connectivity index (χ3v) is 2.73. The van der Waals surface area contributed by atoms with Crippen LogP contribution in [0.3, 0.4) is 0 Å². The van der Waals surface area contributed by atoms with Gasteiger partial charge in [0.1, 0.15) is 5.82 Å². The minimum atomic E-state index is -0.514. The first kappa shape index (κ1) is 14.6. The lowest BCUT2D eigenvalue weighted by Crippen LogP contribution is -2.35. The molecule has 0 aromatic heterocycles. The van der Waals surface area contributed by atoms with E-state index in [4.69, 9.17) is 11.6 Å². The van der Waals surface area contributed by atoms with Gasteiger partial charge < -0.3 is 5.32 Å². The van der Waals surface area contributed by atoms with Crippen molar-refractivity contribution in [1.29, 1.82) is 0 Å². The molecular formula is C13H15ClFNO2. The van der Waals surface area contributed by atoms with Crippen LogP contribution >= 0.6 is 11.6 Å². The topological polar surface area (TPSA) is 46.2 Å². The highest BCUT2D eigenvalue weighted by atomic mass is 35.5. The number of carbonyl (C=O) groups is 2. The van der Waals surface area contributed by atoms with E-state index in [1.807, 2.05) is 0 Å². The Morgan fingerprint density at radius 3 is 2.44 bits per heavy atom. The highest BCUT2D eigenvalue weighted by Crippen LogP contribution is 2.17. The van der Waals surface area contributed by atoms with E-state index in [9.17, 15) is 14.0 Å². The second-order valence-corrected chi connectivity index (χ2v) is 5.39. The van der Waals surface area contributed by atoms with Crippen LogP contribution in [0.1, 0.15) is 31.1 Å². The second kappa shape index (κ2) is 5.48. The van der Waals surface area contributed by atoms with Gasteiger partial charge in [-0.1, -0.05) is 32.4 Å². The molecule has 1 aromatic carbocycles. The maximum Gasteiger partial charge on any atom is 0.253 e. The van der Waals surface area contributed by atoms with Crippen molar-refractivity contribution in [2.45, 2.75) is 20.8 Å². The third kappa shape index (κ3) is 3.81. The van der Waals surface area contributed by atoms with Crippen LogP contribution in [0.25, 0.3) is 0 Å². The minimum absolute atomic E-state index is 0.0238. The number of hydrogen-bond donors (Lipinski definition) is 1. The Balaban J connectivity index is 2.70. The Kier molecular flexibility index (Phi) is 4.46. The number of hydrogen-bond acceptors (Lipinski definition) is 2. The molecule has 0 unspecified atom stereocenters. The van der Waals surface area contributed by atoms with Crippen molar-refractivity contribution < 1.29 is 14.0 Å². The molecule has 18 heavy (non-hydrogen) atoms. The van der Waals surface area contributed by atoms with Crippen LogP contribution in [0.2, 0.25) is 5.02 Å². The molecule has 1 rings (SSSR count). The van der Waals surface area contributed by atoms with Crippen molar-refractivity contribution in [1.82, 2.24) is 5.32 Å². The minimum Gasteiger partial charge on any atom is -0.345 e. The number of carbonyl (C=O) groups excluding carboxylic acids is 2. The van der Waals surface area contributed by atoms with Crippen molar-refractivity contribution in [2.24, 2.45) is 5.41 Å². The normalized spacial score (nSPS) is 11.2. The molecule has 0 aliphatic carbocycles. The molecule has 3 nitrogen and oxygen atoms in total. The molecule has 98 valence electrons. The zero-order valence-electron chi connectivity index (χ0n) is 10.5. The summed E-state index contributed by atoms with van der Waals surface area (Å²) in [6, 6.07) is 3.49. The fourth-order valence-corrected chi connectivity index (χ4v) is 1.45.